The molecule has 1 amide bonds. The van der Waals surface area contributed by atoms with Crippen molar-refractivity contribution in [3.05, 3.63) is 66.4 Å². The fourth-order valence-electron chi connectivity index (χ4n) is 4.56. The molecule has 6 heteroatoms. The summed E-state index contributed by atoms with van der Waals surface area (Å²) in [5, 5.41) is 1.13. The minimum atomic E-state index is -0.216. The molecular formula is C24H25N3O3. The first-order valence-electron chi connectivity index (χ1n) is 10.4. The monoisotopic (exact) mass is 403 g/mol. The number of carbonyl (C=O) groups excluding carboxylic acids is 1. The van der Waals surface area contributed by atoms with Gasteiger partial charge in [-0.05, 0) is 29.8 Å². The molecule has 2 aromatic carbocycles. The van der Waals surface area contributed by atoms with E-state index in [0.717, 1.165) is 28.9 Å². The number of hydrogen-bond donors (Lipinski definition) is 0. The van der Waals surface area contributed by atoms with Crippen LogP contribution < -0.4 is 9.64 Å². The van der Waals surface area contributed by atoms with Crippen LogP contribution >= 0.6 is 0 Å². The van der Waals surface area contributed by atoms with Gasteiger partial charge in [-0.1, -0.05) is 30.3 Å². The zero-order valence-electron chi connectivity index (χ0n) is 17.0. The predicted octanol–water partition coefficient (Wildman–Crippen LogP) is 3.25. The summed E-state index contributed by atoms with van der Waals surface area (Å²) < 4.78 is 11.6. The topological polar surface area (TPSA) is 54.9 Å². The molecular weight excluding hydrogens is 378 g/mol. The highest BCUT2D eigenvalue weighted by Gasteiger charge is 2.42. The van der Waals surface area contributed by atoms with Gasteiger partial charge >= 0.3 is 0 Å². The Hall–Kier alpha value is -2.96. The molecule has 2 aliphatic heterocycles. The molecule has 30 heavy (non-hydrogen) atoms. The molecule has 0 aliphatic carbocycles. The van der Waals surface area contributed by atoms with E-state index in [0.29, 0.717) is 26.1 Å². The molecule has 0 unspecified atom stereocenters. The first-order chi connectivity index (χ1) is 14.7. The number of rotatable bonds is 5. The van der Waals surface area contributed by atoms with E-state index in [1.165, 1.54) is 5.56 Å². The summed E-state index contributed by atoms with van der Waals surface area (Å²) in [7, 11) is 1.66. The summed E-state index contributed by atoms with van der Waals surface area (Å²) in [6.07, 6.45) is 2.54. The third-order valence-corrected chi connectivity index (χ3v) is 6.00. The third-order valence-electron chi connectivity index (χ3n) is 6.00. The molecule has 0 radical (unpaired) electrons. The van der Waals surface area contributed by atoms with Crippen molar-refractivity contribution in [2.75, 3.05) is 31.7 Å². The van der Waals surface area contributed by atoms with Gasteiger partial charge in [-0.15, -0.1) is 0 Å². The Morgan fingerprint density at radius 3 is 2.87 bits per heavy atom. The molecule has 1 fully saturated rings. The number of nitrogens with zero attached hydrogens (tertiary/aromatic N) is 3. The SMILES string of the molecule is COCCN1C(=O)[C@@H]2C[C@@H](CN2Cc2ccnc3ccccc23)Oc2ccccc21. The first kappa shape index (κ1) is 19.0. The van der Waals surface area contributed by atoms with Gasteiger partial charge in [0.15, 0.2) is 0 Å². The number of para-hydroxylation sites is 3. The third kappa shape index (κ3) is 3.42. The molecule has 5 rings (SSSR count). The molecule has 154 valence electrons. The molecule has 3 aromatic rings. The van der Waals surface area contributed by atoms with Crippen LogP contribution in [0.5, 0.6) is 5.75 Å². The highest BCUT2D eigenvalue weighted by Crippen LogP contribution is 2.36. The van der Waals surface area contributed by atoms with E-state index in [9.17, 15) is 4.79 Å². The summed E-state index contributed by atoms with van der Waals surface area (Å²) in [6.45, 7) is 2.39. The second-order valence-electron chi connectivity index (χ2n) is 7.86. The molecule has 0 spiro atoms. The maximum absolute atomic E-state index is 13.6. The maximum Gasteiger partial charge on any atom is 0.244 e. The molecule has 0 saturated carbocycles. The second-order valence-corrected chi connectivity index (χ2v) is 7.86. The number of likely N-dealkylation sites (tertiary alicyclic amines) is 1. The van der Waals surface area contributed by atoms with E-state index >= 15 is 0 Å². The summed E-state index contributed by atoms with van der Waals surface area (Å²) in [6, 6.07) is 17.8. The number of aromatic nitrogens is 1. The van der Waals surface area contributed by atoms with Crippen molar-refractivity contribution in [2.24, 2.45) is 0 Å². The van der Waals surface area contributed by atoms with Gasteiger partial charge in [0.1, 0.15) is 11.9 Å². The zero-order chi connectivity index (χ0) is 20.5. The zero-order valence-corrected chi connectivity index (χ0v) is 17.0. The Kier molecular flexibility index (Phi) is 5.11. The summed E-state index contributed by atoms with van der Waals surface area (Å²) in [5.41, 5.74) is 2.98. The predicted molar refractivity (Wildman–Crippen MR) is 116 cm³/mol. The Labute approximate surface area is 176 Å². The molecule has 1 aromatic heterocycles. The smallest absolute Gasteiger partial charge is 0.244 e. The van der Waals surface area contributed by atoms with Crippen molar-refractivity contribution < 1.29 is 14.3 Å². The van der Waals surface area contributed by atoms with Crippen molar-refractivity contribution in [3.63, 3.8) is 0 Å². The van der Waals surface area contributed by atoms with E-state index in [1.807, 2.05) is 53.6 Å². The van der Waals surface area contributed by atoms with E-state index in [2.05, 4.69) is 22.0 Å². The number of methoxy groups -OCH3 is 1. The van der Waals surface area contributed by atoms with Crippen LogP contribution in [0.25, 0.3) is 10.9 Å². The number of amides is 1. The van der Waals surface area contributed by atoms with E-state index < -0.39 is 0 Å². The van der Waals surface area contributed by atoms with Crippen LogP contribution in [0.2, 0.25) is 0 Å². The number of fused-ring (bicyclic) bond motifs is 4. The minimum Gasteiger partial charge on any atom is -0.487 e. The Morgan fingerprint density at radius 2 is 1.97 bits per heavy atom. The molecule has 2 atom stereocenters. The van der Waals surface area contributed by atoms with Gasteiger partial charge in [0, 0.05) is 44.7 Å². The Bertz CT molecular complexity index is 1070. The Balaban J connectivity index is 1.48. The van der Waals surface area contributed by atoms with Crippen LogP contribution in [0.3, 0.4) is 0 Å². The summed E-state index contributed by atoms with van der Waals surface area (Å²) >= 11 is 0. The van der Waals surface area contributed by atoms with Gasteiger partial charge in [0.2, 0.25) is 5.91 Å². The highest BCUT2D eigenvalue weighted by atomic mass is 16.5. The lowest BCUT2D eigenvalue weighted by atomic mass is 10.1. The van der Waals surface area contributed by atoms with Gasteiger partial charge in [0.05, 0.1) is 23.9 Å². The average Bonchev–Trinajstić information content (AvgIpc) is 3.17. The largest absolute Gasteiger partial charge is 0.487 e. The van der Waals surface area contributed by atoms with Gasteiger partial charge in [-0.3, -0.25) is 14.7 Å². The number of benzene rings is 2. The lowest BCUT2D eigenvalue weighted by Gasteiger charge is -2.31. The Morgan fingerprint density at radius 1 is 1.13 bits per heavy atom. The molecule has 6 nitrogen and oxygen atoms in total. The summed E-state index contributed by atoms with van der Waals surface area (Å²) in [4.78, 5) is 22.2. The quantitative estimate of drug-likeness (QED) is 0.655. The van der Waals surface area contributed by atoms with E-state index in [4.69, 9.17) is 9.47 Å². The van der Waals surface area contributed by atoms with Crippen molar-refractivity contribution >= 4 is 22.5 Å². The summed E-state index contributed by atoms with van der Waals surface area (Å²) in [5.74, 6) is 0.880. The fourth-order valence-corrected chi connectivity index (χ4v) is 4.56. The number of pyridine rings is 1. The fraction of sp³-hybridized carbons (Fsp3) is 0.333. The average molecular weight is 403 g/mol. The standard InChI is InChI=1S/C24H25N3O3/c1-29-13-12-27-21-8-4-5-9-23(21)30-18-14-22(24(27)28)26(16-18)15-17-10-11-25-20-7-3-2-6-19(17)20/h2-11,18,22H,12-16H2,1H3/t18-,22-/m0/s1. The van der Waals surface area contributed by atoms with Crippen LogP contribution in [0.15, 0.2) is 60.8 Å². The maximum atomic E-state index is 13.6. The van der Waals surface area contributed by atoms with Crippen molar-refractivity contribution in [3.8, 4) is 5.75 Å². The number of hydrogen-bond acceptors (Lipinski definition) is 5. The van der Waals surface area contributed by atoms with Gasteiger partial charge in [0.25, 0.3) is 0 Å². The van der Waals surface area contributed by atoms with Crippen LogP contribution in [-0.4, -0.2) is 54.7 Å². The molecule has 2 bridgehead atoms. The molecule has 2 aliphatic rings. The van der Waals surface area contributed by atoms with Gasteiger partial charge in [-0.2, -0.15) is 0 Å². The van der Waals surface area contributed by atoms with Gasteiger partial charge < -0.3 is 14.4 Å². The molecule has 1 saturated heterocycles. The second kappa shape index (κ2) is 8.05. The van der Waals surface area contributed by atoms with Crippen molar-refractivity contribution in [1.29, 1.82) is 0 Å². The lowest BCUT2D eigenvalue weighted by molar-refractivity contribution is -0.123. The molecule has 3 heterocycles. The normalized spacial score (nSPS) is 21.2. The minimum absolute atomic E-state index is 0.00206. The van der Waals surface area contributed by atoms with Crippen LogP contribution in [-0.2, 0) is 16.1 Å². The van der Waals surface area contributed by atoms with Crippen molar-refractivity contribution in [1.82, 2.24) is 9.88 Å². The number of anilines is 1. The number of carbonyl (C=O) groups is 1. The van der Waals surface area contributed by atoms with E-state index in [-0.39, 0.29) is 18.1 Å². The molecule has 0 N–H and O–H groups in total. The van der Waals surface area contributed by atoms with Crippen molar-refractivity contribution in [2.45, 2.75) is 25.1 Å². The van der Waals surface area contributed by atoms with Crippen LogP contribution in [0.4, 0.5) is 5.69 Å². The lowest BCUT2D eigenvalue weighted by Crippen LogP contribution is -2.47. The van der Waals surface area contributed by atoms with Crippen LogP contribution in [0, 0.1) is 0 Å². The van der Waals surface area contributed by atoms with Crippen LogP contribution in [0.1, 0.15) is 12.0 Å². The first-order valence-corrected chi connectivity index (χ1v) is 10.4. The number of ether oxygens (including phenoxy) is 2. The van der Waals surface area contributed by atoms with E-state index in [1.54, 1.807) is 7.11 Å². The van der Waals surface area contributed by atoms with Gasteiger partial charge in [-0.25, -0.2) is 0 Å². The highest BCUT2D eigenvalue weighted by molar-refractivity contribution is 5.99.